The van der Waals surface area contributed by atoms with E-state index in [1.54, 1.807) is 13.0 Å². The summed E-state index contributed by atoms with van der Waals surface area (Å²) in [7, 11) is 0. The van der Waals surface area contributed by atoms with Gasteiger partial charge in [0.05, 0.1) is 0 Å². The molecule has 0 N–H and O–H groups in total. The van der Waals surface area contributed by atoms with Crippen molar-refractivity contribution in [3.8, 4) is 0 Å². The standard InChI is InChI=1S/C16H21F3N4O/c1-11(12-4-5-12)23(10-16(17,18)19)15(24)13-6-7-14(21-20-13)22-8-2-3-9-22/h6-7,11-12H,2-5,8-10H2,1H3/t11-/m0/s1. The minimum absolute atomic E-state index is 0.0327. The van der Waals surface area contributed by atoms with Gasteiger partial charge in [0, 0.05) is 19.1 Å². The Balaban J connectivity index is 1.75. The summed E-state index contributed by atoms with van der Waals surface area (Å²) in [5.41, 5.74) is -0.0327. The van der Waals surface area contributed by atoms with Gasteiger partial charge in [-0.05, 0) is 50.7 Å². The largest absolute Gasteiger partial charge is 0.406 e. The van der Waals surface area contributed by atoms with Crippen molar-refractivity contribution in [1.82, 2.24) is 15.1 Å². The molecule has 132 valence electrons. The fourth-order valence-corrected chi connectivity index (χ4v) is 3.13. The molecule has 2 aliphatic rings. The minimum Gasteiger partial charge on any atom is -0.355 e. The highest BCUT2D eigenvalue weighted by Gasteiger charge is 2.41. The molecule has 2 fully saturated rings. The Morgan fingerprint density at radius 1 is 1.29 bits per heavy atom. The van der Waals surface area contributed by atoms with Crippen molar-refractivity contribution >= 4 is 11.7 Å². The van der Waals surface area contributed by atoms with Gasteiger partial charge in [0.15, 0.2) is 11.5 Å². The van der Waals surface area contributed by atoms with Crippen molar-refractivity contribution in [2.45, 2.75) is 44.8 Å². The van der Waals surface area contributed by atoms with Crippen LogP contribution in [0.3, 0.4) is 0 Å². The number of amides is 1. The number of carbonyl (C=O) groups excluding carboxylic acids is 1. The Morgan fingerprint density at radius 3 is 2.46 bits per heavy atom. The van der Waals surface area contributed by atoms with E-state index >= 15 is 0 Å². The van der Waals surface area contributed by atoms with Gasteiger partial charge in [0.25, 0.3) is 5.91 Å². The van der Waals surface area contributed by atoms with E-state index in [9.17, 15) is 18.0 Å². The number of rotatable bonds is 5. The van der Waals surface area contributed by atoms with Crippen LogP contribution in [0.25, 0.3) is 0 Å². The Hall–Kier alpha value is -1.86. The third-order valence-corrected chi connectivity index (χ3v) is 4.71. The van der Waals surface area contributed by atoms with E-state index in [4.69, 9.17) is 0 Å². The van der Waals surface area contributed by atoms with Crippen LogP contribution in [0.1, 0.15) is 43.1 Å². The van der Waals surface area contributed by atoms with Crippen LogP contribution in [0, 0.1) is 5.92 Å². The molecule has 1 aliphatic heterocycles. The van der Waals surface area contributed by atoms with Crippen molar-refractivity contribution in [1.29, 1.82) is 0 Å². The molecule has 5 nitrogen and oxygen atoms in total. The minimum atomic E-state index is -4.43. The Morgan fingerprint density at radius 2 is 1.96 bits per heavy atom. The lowest BCUT2D eigenvalue weighted by atomic mass is 10.1. The molecule has 1 amide bonds. The lowest BCUT2D eigenvalue weighted by Gasteiger charge is -2.30. The van der Waals surface area contributed by atoms with Gasteiger partial charge in [-0.3, -0.25) is 4.79 Å². The molecule has 1 aromatic heterocycles. The maximum atomic E-state index is 12.9. The summed E-state index contributed by atoms with van der Waals surface area (Å²) in [6.07, 6.45) is -0.534. The lowest BCUT2D eigenvalue weighted by molar-refractivity contribution is -0.144. The normalized spacial score (nSPS) is 19.4. The van der Waals surface area contributed by atoms with Crippen LogP contribution in [0.5, 0.6) is 0 Å². The summed E-state index contributed by atoms with van der Waals surface area (Å²) in [4.78, 5) is 15.5. The predicted octanol–water partition coefficient (Wildman–Crippen LogP) is 2.88. The summed E-state index contributed by atoms with van der Waals surface area (Å²) in [6.45, 7) is 2.20. The molecular weight excluding hydrogens is 321 g/mol. The SMILES string of the molecule is C[C@@H](C1CC1)N(CC(F)(F)F)C(=O)c1ccc(N2CCCC2)nn1. The second kappa shape index (κ2) is 6.57. The zero-order chi connectivity index (χ0) is 17.3. The Labute approximate surface area is 138 Å². The first-order chi connectivity index (χ1) is 11.3. The quantitative estimate of drug-likeness (QED) is 0.826. The second-order valence-electron chi connectivity index (χ2n) is 6.60. The van der Waals surface area contributed by atoms with E-state index in [0.29, 0.717) is 5.82 Å². The number of hydrogen-bond donors (Lipinski definition) is 0. The van der Waals surface area contributed by atoms with Gasteiger partial charge in [-0.1, -0.05) is 0 Å². The van der Waals surface area contributed by atoms with Gasteiger partial charge >= 0.3 is 6.18 Å². The van der Waals surface area contributed by atoms with Crippen molar-refractivity contribution in [2.24, 2.45) is 5.92 Å². The highest BCUT2D eigenvalue weighted by Crippen LogP contribution is 2.36. The average molecular weight is 342 g/mol. The summed E-state index contributed by atoms with van der Waals surface area (Å²) in [6, 6.07) is 2.70. The molecule has 0 unspecified atom stereocenters. The fraction of sp³-hybridized carbons (Fsp3) is 0.688. The van der Waals surface area contributed by atoms with Crippen molar-refractivity contribution in [3.05, 3.63) is 17.8 Å². The van der Waals surface area contributed by atoms with E-state index < -0.39 is 24.7 Å². The summed E-state index contributed by atoms with van der Waals surface area (Å²) in [5, 5.41) is 7.91. The first-order valence-electron chi connectivity index (χ1n) is 8.31. The van der Waals surface area contributed by atoms with Gasteiger partial charge < -0.3 is 9.80 Å². The average Bonchev–Trinajstić information content (AvgIpc) is 3.25. The maximum absolute atomic E-state index is 12.9. The van der Waals surface area contributed by atoms with E-state index in [1.807, 2.05) is 0 Å². The molecule has 0 radical (unpaired) electrons. The smallest absolute Gasteiger partial charge is 0.355 e. The van der Waals surface area contributed by atoms with E-state index in [1.165, 1.54) is 6.07 Å². The van der Waals surface area contributed by atoms with Crippen molar-refractivity contribution in [2.75, 3.05) is 24.5 Å². The highest BCUT2D eigenvalue weighted by molar-refractivity contribution is 5.92. The van der Waals surface area contributed by atoms with Crippen LogP contribution in [0.4, 0.5) is 19.0 Å². The number of halogens is 3. The monoisotopic (exact) mass is 342 g/mol. The van der Waals surface area contributed by atoms with Gasteiger partial charge in [0.2, 0.25) is 0 Å². The van der Waals surface area contributed by atoms with E-state index in [-0.39, 0.29) is 11.6 Å². The Bertz CT molecular complexity index is 580. The fourth-order valence-electron chi connectivity index (χ4n) is 3.13. The summed E-state index contributed by atoms with van der Waals surface area (Å²) in [5.74, 6) is 0.113. The highest BCUT2D eigenvalue weighted by atomic mass is 19.4. The van der Waals surface area contributed by atoms with Crippen molar-refractivity contribution in [3.63, 3.8) is 0 Å². The van der Waals surface area contributed by atoms with E-state index in [0.717, 1.165) is 43.7 Å². The summed E-state index contributed by atoms with van der Waals surface area (Å²) < 4.78 is 38.6. The number of anilines is 1. The van der Waals surface area contributed by atoms with Crippen molar-refractivity contribution < 1.29 is 18.0 Å². The molecule has 24 heavy (non-hydrogen) atoms. The van der Waals surface area contributed by atoms with Gasteiger partial charge in [-0.25, -0.2) is 0 Å². The van der Waals surface area contributed by atoms with Crippen LogP contribution < -0.4 is 4.90 Å². The van der Waals surface area contributed by atoms with Crippen LogP contribution in [-0.4, -0.2) is 52.9 Å². The zero-order valence-electron chi connectivity index (χ0n) is 13.6. The number of hydrogen-bond acceptors (Lipinski definition) is 4. The molecule has 1 saturated heterocycles. The Kier molecular flexibility index (Phi) is 4.64. The first kappa shape index (κ1) is 17.0. The number of nitrogens with zero attached hydrogens (tertiary/aromatic N) is 4. The van der Waals surface area contributed by atoms with Crippen LogP contribution >= 0.6 is 0 Å². The molecule has 0 bridgehead atoms. The molecule has 3 rings (SSSR count). The topological polar surface area (TPSA) is 49.3 Å². The predicted molar refractivity (Wildman–Crippen MR) is 82.8 cm³/mol. The second-order valence-corrected chi connectivity index (χ2v) is 6.60. The zero-order valence-corrected chi connectivity index (χ0v) is 13.6. The molecule has 1 aliphatic carbocycles. The number of alkyl halides is 3. The van der Waals surface area contributed by atoms with Crippen LogP contribution in [0.15, 0.2) is 12.1 Å². The molecule has 0 aromatic carbocycles. The molecular formula is C16H21F3N4O. The third-order valence-electron chi connectivity index (χ3n) is 4.71. The van der Waals surface area contributed by atoms with Gasteiger partial charge in [0.1, 0.15) is 6.54 Å². The molecule has 1 saturated carbocycles. The summed E-state index contributed by atoms with van der Waals surface area (Å²) >= 11 is 0. The van der Waals surface area contributed by atoms with Crippen LogP contribution in [-0.2, 0) is 0 Å². The maximum Gasteiger partial charge on any atom is 0.406 e. The number of aromatic nitrogens is 2. The van der Waals surface area contributed by atoms with Gasteiger partial charge in [-0.15, -0.1) is 10.2 Å². The molecule has 1 aromatic rings. The molecule has 8 heteroatoms. The van der Waals surface area contributed by atoms with Gasteiger partial charge in [-0.2, -0.15) is 13.2 Å². The lowest BCUT2D eigenvalue weighted by Crippen LogP contribution is -2.45. The molecule has 0 spiro atoms. The molecule has 2 heterocycles. The molecule has 1 atom stereocenters. The number of carbonyl (C=O) groups is 1. The third kappa shape index (κ3) is 3.96. The van der Waals surface area contributed by atoms with Crippen LogP contribution in [0.2, 0.25) is 0 Å². The first-order valence-corrected chi connectivity index (χ1v) is 8.31. The van der Waals surface area contributed by atoms with E-state index in [2.05, 4.69) is 15.1 Å².